The molecule has 0 spiro atoms. The van der Waals surface area contributed by atoms with E-state index in [0.29, 0.717) is 12.5 Å². The fourth-order valence-corrected chi connectivity index (χ4v) is 4.81. The first-order valence-corrected chi connectivity index (χ1v) is 11.6. The Morgan fingerprint density at radius 3 is 2.81 bits per heavy atom. The molecule has 1 aromatic carbocycles. The molecule has 0 radical (unpaired) electrons. The number of benzene rings is 1. The molecule has 1 N–H and O–H groups in total. The van der Waals surface area contributed by atoms with Crippen molar-refractivity contribution in [3.63, 3.8) is 0 Å². The van der Waals surface area contributed by atoms with Gasteiger partial charge in [-0.3, -0.25) is 4.98 Å². The summed E-state index contributed by atoms with van der Waals surface area (Å²) < 4.78 is 7.49. The summed E-state index contributed by atoms with van der Waals surface area (Å²) in [5.41, 5.74) is 4.73. The topological polar surface area (TPSA) is 56.1 Å². The second kappa shape index (κ2) is 9.73. The first-order valence-electron chi connectivity index (χ1n) is 11.2. The second-order valence-electron chi connectivity index (χ2n) is 8.46. The van der Waals surface area contributed by atoms with Gasteiger partial charge < -0.3 is 14.6 Å². The number of hydrogen-bond acceptors (Lipinski definition) is 3. The number of unbranched alkanes of at least 4 members (excludes halogenated alkanes) is 1. The quantitative estimate of drug-likeness (QED) is 0.443. The molecule has 2 heterocycles. The Bertz CT molecular complexity index is 1050. The number of aromatic nitrogens is 2. The Labute approximate surface area is 188 Å². The van der Waals surface area contributed by atoms with Crippen LogP contribution in [0.2, 0.25) is 5.02 Å². The minimum atomic E-state index is -0.280. The summed E-state index contributed by atoms with van der Waals surface area (Å²) in [5.74, 6) is 0.466. The van der Waals surface area contributed by atoms with E-state index in [1.807, 2.05) is 24.5 Å². The van der Waals surface area contributed by atoms with E-state index in [1.54, 1.807) is 0 Å². The van der Waals surface area contributed by atoms with Crippen molar-refractivity contribution in [1.82, 2.24) is 14.9 Å². The Morgan fingerprint density at radius 2 is 2.06 bits per heavy atom. The van der Waals surface area contributed by atoms with Crippen LogP contribution in [0.15, 0.2) is 42.9 Å². The molecule has 1 fully saturated rings. The molecule has 0 bridgehead atoms. The third-order valence-electron chi connectivity index (χ3n) is 6.28. The molecule has 1 aliphatic rings. The second-order valence-corrected chi connectivity index (χ2v) is 8.90. The number of carbonyl (C=O) groups is 1. The van der Waals surface area contributed by atoms with Crippen LogP contribution in [-0.2, 0) is 4.74 Å². The van der Waals surface area contributed by atoms with Crippen molar-refractivity contribution in [2.75, 3.05) is 6.61 Å². The van der Waals surface area contributed by atoms with Crippen LogP contribution < -0.4 is 5.32 Å². The number of rotatable bonds is 6. The Kier molecular flexibility index (Phi) is 6.81. The van der Waals surface area contributed by atoms with Gasteiger partial charge in [-0.15, -0.1) is 0 Å². The van der Waals surface area contributed by atoms with E-state index in [9.17, 15) is 4.79 Å². The van der Waals surface area contributed by atoms with Gasteiger partial charge in [0.25, 0.3) is 0 Å². The van der Waals surface area contributed by atoms with E-state index in [2.05, 4.69) is 47.0 Å². The van der Waals surface area contributed by atoms with Crippen molar-refractivity contribution in [3.8, 4) is 5.69 Å². The molecule has 1 aliphatic carbocycles. The lowest BCUT2D eigenvalue weighted by molar-refractivity contribution is 0.137. The number of fused-ring (bicyclic) bond motifs is 1. The van der Waals surface area contributed by atoms with Crippen LogP contribution in [0.5, 0.6) is 0 Å². The zero-order valence-electron chi connectivity index (χ0n) is 18.2. The number of carbonyl (C=O) groups excluding carboxylic acids is 1. The van der Waals surface area contributed by atoms with Gasteiger partial charge in [0.15, 0.2) is 0 Å². The number of nitrogens with one attached hydrogen (secondary N) is 1. The average Bonchev–Trinajstić information content (AvgIpc) is 3.14. The fourth-order valence-electron chi connectivity index (χ4n) is 4.58. The number of hydrogen-bond donors (Lipinski definition) is 1. The van der Waals surface area contributed by atoms with E-state index in [1.165, 1.54) is 10.9 Å². The zero-order valence-corrected chi connectivity index (χ0v) is 19.0. The van der Waals surface area contributed by atoms with E-state index in [0.717, 1.165) is 60.3 Å². The summed E-state index contributed by atoms with van der Waals surface area (Å²) in [6, 6.07) is 8.30. The summed E-state index contributed by atoms with van der Waals surface area (Å²) in [4.78, 5) is 16.3. The molecule has 2 aromatic heterocycles. The van der Waals surface area contributed by atoms with Crippen molar-refractivity contribution in [2.45, 2.75) is 64.3 Å². The number of alkyl carbamates (subject to hydrolysis) is 1. The van der Waals surface area contributed by atoms with E-state index in [4.69, 9.17) is 16.3 Å². The highest BCUT2D eigenvalue weighted by Crippen LogP contribution is 2.38. The molecular formula is C25H30ClN3O2. The number of amides is 1. The van der Waals surface area contributed by atoms with Crippen LogP contribution in [0.3, 0.4) is 0 Å². The van der Waals surface area contributed by atoms with E-state index < -0.39 is 0 Å². The van der Waals surface area contributed by atoms with Gasteiger partial charge in [-0.05, 0) is 80.3 Å². The van der Waals surface area contributed by atoms with Crippen LogP contribution in [0.1, 0.15) is 62.5 Å². The van der Waals surface area contributed by atoms with Crippen molar-refractivity contribution >= 4 is 28.6 Å². The predicted octanol–water partition coefficient (Wildman–Crippen LogP) is 6.54. The van der Waals surface area contributed by atoms with Crippen molar-refractivity contribution in [2.24, 2.45) is 0 Å². The lowest BCUT2D eigenvalue weighted by Crippen LogP contribution is -2.37. The molecule has 5 nitrogen and oxygen atoms in total. The van der Waals surface area contributed by atoms with Crippen molar-refractivity contribution < 1.29 is 9.53 Å². The molecule has 3 aromatic rings. The lowest BCUT2D eigenvalue weighted by atomic mass is 9.82. The van der Waals surface area contributed by atoms with Gasteiger partial charge in [-0.2, -0.15) is 0 Å². The van der Waals surface area contributed by atoms with E-state index >= 15 is 0 Å². The molecule has 4 rings (SSSR count). The van der Waals surface area contributed by atoms with E-state index in [-0.39, 0.29) is 12.1 Å². The SMILES string of the molecule is CCCCOC(=O)NC1CCC(c2cn(-c3ccc(Cl)cc3C)c3cnccc23)CC1. The molecule has 0 aliphatic heterocycles. The maximum Gasteiger partial charge on any atom is 0.407 e. The van der Waals surface area contributed by atoms with Gasteiger partial charge in [-0.1, -0.05) is 24.9 Å². The molecule has 1 saturated carbocycles. The third kappa shape index (κ3) is 4.87. The van der Waals surface area contributed by atoms with Crippen molar-refractivity contribution in [1.29, 1.82) is 0 Å². The minimum absolute atomic E-state index is 0.193. The smallest absolute Gasteiger partial charge is 0.407 e. The van der Waals surface area contributed by atoms with Crippen LogP contribution >= 0.6 is 11.6 Å². The minimum Gasteiger partial charge on any atom is -0.450 e. The Hall–Kier alpha value is -2.53. The summed E-state index contributed by atoms with van der Waals surface area (Å²) >= 11 is 6.17. The van der Waals surface area contributed by atoms with Gasteiger partial charge in [0.1, 0.15) is 0 Å². The zero-order chi connectivity index (χ0) is 21.8. The average molecular weight is 440 g/mol. The normalized spacial score (nSPS) is 18.8. The first kappa shape index (κ1) is 21.7. The summed E-state index contributed by atoms with van der Waals surface area (Å²) in [6.07, 6.45) is 11.7. The summed E-state index contributed by atoms with van der Waals surface area (Å²) in [5, 5.41) is 5.04. The summed E-state index contributed by atoms with van der Waals surface area (Å²) in [6.45, 7) is 4.67. The standard InChI is InChI=1S/C25H30ClN3O2/c1-3-4-13-31-25(30)28-20-8-5-18(6-9-20)22-16-29(24-15-27-12-11-21(22)24)23-10-7-19(26)14-17(23)2/h7,10-12,14-16,18,20H,3-6,8-9,13H2,1-2H3,(H,28,30). The van der Waals surface area contributed by atoms with Crippen LogP contribution in [0.25, 0.3) is 16.6 Å². The number of aryl methyl sites for hydroxylation is 1. The largest absolute Gasteiger partial charge is 0.450 e. The highest BCUT2D eigenvalue weighted by atomic mass is 35.5. The molecule has 31 heavy (non-hydrogen) atoms. The highest BCUT2D eigenvalue weighted by molar-refractivity contribution is 6.30. The molecule has 1 amide bonds. The maximum absolute atomic E-state index is 12.0. The number of pyridine rings is 1. The number of ether oxygens (including phenoxy) is 1. The lowest BCUT2D eigenvalue weighted by Gasteiger charge is -2.28. The molecule has 0 atom stereocenters. The van der Waals surface area contributed by atoms with Gasteiger partial charge >= 0.3 is 6.09 Å². The first-order chi connectivity index (χ1) is 15.1. The Balaban J connectivity index is 1.50. The predicted molar refractivity (Wildman–Crippen MR) is 125 cm³/mol. The molecule has 164 valence electrons. The van der Waals surface area contributed by atoms with Gasteiger partial charge in [0.2, 0.25) is 0 Å². The van der Waals surface area contributed by atoms with Gasteiger partial charge in [-0.25, -0.2) is 4.79 Å². The monoisotopic (exact) mass is 439 g/mol. The van der Waals surface area contributed by atoms with Gasteiger partial charge in [0.05, 0.1) is 18.3 Å². The fraction of sp³-hybridized carbons (Fsp3) is 0.440. The number of halogens is 1. The summed E-state index contributed by atoms with van der Waals surface area (Å²) in [7, 11) is 0. The van der Waals surface area contributed by atoms with Crippen LogP contribution in [-0.4, -0.2) is 28.3 Å². The highest BCUT2D eigenvalue weighted by Gasteiger charge is 2.26. The molecule has 6 heteroatoms. The maximum atomic E-state index is 12.0. The van der Waals surface area contributed by atoms with Crippen LogP contribution in [0.4, 0.5) is 4.79 Å². The third-order valence-corrected chi connectivity index (χ3v) is 6.51. The molecular weight excluding hydrogens is 410 g/mol. The van der Waals surface area contributed by atoms with Crippen LogP contribution in [0, 0.1) is 6.92 Å². The van der Waals surface area contributed by atoms with Crippen molar-refractivity contribution in [3.05, 3.63) is 59.0 Å². The molecule has 0 unspecified atom stereocenters. The molecule has 0 saturated heterocycles. The number of nitrogens with zero attached hydrogens (tertiary/aromatic N) is 2. The van der Waals surface area contributed by atoms with Gasteiger partial charge in [0, 0.05) is 34.5 Å². The Morgan fingerprint density at radius 1 is 1.26 bits per heavy atom.